The summed E-state index contributed by atoms with van der Waals surface area (Å²) in [5, 5.41) is 4.53. The Kier molecular flexibility index (Phi) is 3.39. The Hall–Kier alpha value is -0.240. The number of nitrogens with one attached hydrogen (secondary N) is 1. The zero-order chi connectivity index (χ0) is 9.14. The van der Waals surface area contributed by atoms with Crippen LogP contribution < -0.4 is 5.32 Å². The van der Waals surface area contributed by atoms with Crippen LogP contribution in [0.25, 0.3) is 0 Å². The second-order valence-corrected chi connectivity index (χ2v) is 3.46. The van der Waals surface area contributed by atoms with Crippen LogP contribution in [0.15, 0.2) is 12.1 Å². The number of rotatable bonds is 2. The molecule has 0 aromatic heterocycles. The fraction of sp³-hybridized carbons (Fsp3) is 0.333. The fourth-order valence-electron chi connectivity index (χ4n) is 1.04. The summed E-state index contributed by atoms with van der Waals surface area (Å²) in [5.41, 5.74) is 2.03. The van der Waals surface area contributed by atoms with Gasteiger partial charge in [0.15, 0.2) is 0 Å². The molecule has 0 saturated carbocycles. The van der Waals surface area contributed by atoms with Crippen LogP contribution in [0.4, 0.5) is 0 Å². The third-order valence-electron chi connectivity index (χ3n) is 1.77. The molecule has 0 aliphatic rings. The van der Waals surface area contributed by atoms with Crippen molar-refractivity contribution < 1.29 is 0 Å². The van der Waals surface area contributed by atoms with Crippen molar-refractivity contribution in [1.82, 2.24) is 5.32 Å². The molecular formula is C9H11Cl2N. The molecular weight excluding hydrogens is 193 g/mol. The maximum atomic E-state index is 6.05. The van der Waals surface area contributed by atoms with Gasteiger partial charge in [-0.3, -0.25) is 0 Å². The van der Waals surface area contributed by atoms with Crippen LogP contribution in [-0.4, -0.2) is 7.05 Å². The van der Waals surface area contributed by atoms with Gasteiger partial charge in [0.1, 0.15) is 0 Å². The molecule has 0 atom stereocenters. The van der Waals surface area contributed by atoms with E-state index in [2.05, 4.69) is 5.32 Å². The molecule has 1 rings (SSSR count). The van der Waals surface area contributed by atoms with E-state index in [9.17, 15) is 0 Å². The van der Waals surface area contributed by atoms with Crippen LogP contribution in [0, 0.1) is 6.92 Å². The van der Waals surface area contributed by atoms with Gasteiger partial charge in [-0.25, -0.2) is 0 Å². The van der Waals surface area contributed by atoms with Crippen LogP contribution in [0.1, 0.15) is 11.1 Å². The number of benzene rings is 1. The van der Waals surface area contributed by atoms with E-state index in [0.29, 0.717) is 0 Å². The van der Waals surface area contributed by atoms with E-state index >= 15 is 0 Å². The average molecular weight is 204 g/mol. The van der Waals surface area contributed by atoms with Crippen LogP contribution >= 0.6 is 23.2 Å². The van der Waals surface area contributed by atoms with Crippen molar-refractivity contribution >= 4 is 23.2 Å². The Bertz CT molecular complexity index is 284. The van der Waals surface area contributed by atoms with E-state index in [-0.39, 0.29) is 0 Å². The highest BCUT2D eigenvalue weighted by molar-refractivity contribution is 6.36. The van der Waals surface area contributed by atoms with Gasteiger partial charge >= 0.3 is 0 Å². The van der Waals surface area contributed by atoms with E-state index in [1.54, 1.807) is 0 Å². The lowest BCUT2D eigenvalue weighted by Gasteiger charge is -2.07. The average Bonchev–Trinajstić information content (AvgIpc) is 2.07. The first-order valence-electron chi connectivity index (χ1n) is 3.75. The van der Waals surface area contributed by atoms with Crippen molar-refractivity contribution in [2.24, 2.45) is 0 Å². The highest BCUT2D eigenvalue weighted by atomic mass is 35.5. The maximum Gasteiger partial charge on any atom is 0.0494 e. The van der Waals surface area contributed by atoms with Crippen molar-refractivity contribution in [3.63, 3.8) is 0 Å². The summed E-state index contributed by atoms with van der Waals surface area (Å²) in [7, 11) is 1.89. The molecule has 0 radical (unpaired) electrons. The highest BCUT2D eigenvalue weighted by Crippen LogP contribution is 2.26. The monoisotopic (exact) mass is 203 g/mol. The number of hydrogen-bond donors (Lipinski definition) is 1. The first-order chi connectivity index (χ1) is 5.66. The van der Waals surface area contributed by atoms with Crippen molar-refractivity contribution in [2.75, 3.05) is 7.05 Å². The van der Waals surface area contributed by atoms with E-state index in [1.165, 1.54) is 0 Å². The van der Waals surface area contributed by atoms with Crippen molar-refractivity contribution in [2.45, 2.75) is 13.5 Å². The number of hydrogen-bond acceptors (Lipinski definition) is 1. The zero-order valence-corrected chi connectivity index (χ0v) is 8.63. The zero-order valence-electron chi connectivity index (χ0n) is 7.12. The second-order valence-electron chi connectivity index (χ2n) is 2.68. The molecule has 66 valence electrons. The quantitative estimate of drug-likeness (QED) is 0.780. The Labute approximate surface area is 82.7 Å². The SMILES string of the molecule is CNCc1ccc(Cl)c(C)c1Cl. The summed E-state index contributed by atoms with van der Waals surface area (Å²) >= 11 is 11.9. The van der Waals surface area contributed by atoms with Gasteiger partial charge in [0.05, 0.1) is 0 Å². The van der Waals surface area contributed by atoms with Gasteiger partial charge in [0.2, 0.25) is 0 Å². The first kappa shape index (κ1) is 9.85. The van der Waals surface area contributed by atoms with Gasteiger partial charge in [-0.05, 0) is 31.2 Å². The Balaban J connectivity index is 3.08. The lowest BCUT2D eigenvalue weighted by molar-refractivity contribution is 0.817. The Morgan fingerprint density at radius 2 is 2.00 bits per heavy atom. The summed E-state index contributed by atoms with van der Waals surface area (Å²) in [4.78, 5) is 0. The van der Waals surface area contributed by atoms with Crippen molar-refractivity contribution in [3.05, 3.63) is 33.3 Å². The molecule has 3 heteroatoms. The molecule has 1 N–H and O–H groups in total. The predicted molar refractivity (Wildman–Crippen MR) is 54.0 cm³/mol. The smallest absolute Gasteiger partial charge is 0.0494 e. The van der Waals surface area contributed by atoms with Crippen molar-refractivity contribution in [1.29, 1.82) is 0 Å². The first-order valence-corrected chi connectivity index (χ1v) is 4.50. The molecule has 0 amide bonds. The van der Waals surface area contributed by atoms with E-state index in [4.69, 9.17) is 23.2 Å². The minimum absolute atomic E-state index is 0.722. The van der Waals surface area contributed by atoms with Gasteiger partial charge in [0, 0.05) is 16.6 Å². The van der Waals surface area contributed by atoms with Crippen molar-refractivity contribution in [3.8, 4) is 0 Å². The maximum absolute atomic E-state index is 6.05. The largest absolute Gasteiger partial charge is 0.316 e. The van der Waals surface area contributed by atoms with Gasteiger partial charge in [0.25, 0.3) is 0 Å². The summed E-state index contributed by atoms with van der Waals surface area (Å²) in [6.07, 6.45) is 0. The summed E-state index contributed by atoms with van der Waals surface area (Å²) in [5.74, 6) is 0. The predicted octanol–water partition coefficient (Wildman–Crippen LogP) is 3.02. The van der Waals surface area contributed by atoms with Gasteiger partial charge in [-0.15, -0.1) is 0 Å². The summed E-state index contributed by atoms with van der Waals surface area (Å²) in [6, 6.07) is 3.81. The van der Waals surface area contributed by atoms with Crippen LogP contribution in [0.5, 0.6) is 0 Å². The number of halogens is 2. The van der Waals surface area contributed by atoms with Crippen LogP contribution in [0.3, 0.4) is 0 Å². The fourth-order valence-corrected chi connectivity index (χ4v) is 1.48. The molecule has 0 unspecified atom stereocenters. The minimum Gasteiger partial charge on any atom is -0.316 e. The third kappa shape index (κ3) is 1.92. The lowest BCUT2D eigenvalue weighted by Crippen LogP contribution is -2.05. The molecule has 0 bridgehead atoms. The molecule has 1 aromatic rings. The van der Waals surface area contributed by atoms with E-state index < -0.39 is 0 Å². The van der Waals surface area contributed by atoms with Gasteiger partial charge < -0.3 is 5.32 Å². The lowest BCUT2D eigenvalue weighted by atomic mass is 10.1. The molecule has 0 saturated heterocycles. The second kappa shape index (κ2) is 4.13. The molecule has 0 aliphatic carbocycles. The third-order valence-corrected chi connectivity index (χ3v) is 2.70. The standard InChI is InChI=1S/C9H11Cl2N/c1-6-8(10)4-3-7(5-12-2)9(6)11/h3-4,12H,5H2,1-2H3. The van der Waals surface area contributed by atoms with Crippen LogP contribution in [0.2, 0.25) is 10.0 Å². The molecule has 0 fully saturated rings. The van der Waals surface area contributed by atoms with Gasteiger partial charge in [-0.2, -0.15) is 0 Å². The molecule has 1 aromatic carbocycles. The van der Waals surface area contributed by atoms with Crippen LogP contribution in [-0.2, 0) is 6.54 Å². The molecule has 0 spiro atoms. The van der Waals surface area contributed by atoms with Gasteiger partial charge in [-0.1, -0.05) is 29.3 Å². The Morgan fingerprint density at radius 3 is 2.58 bits per heavy atom. The summed E-state index contributed by atoms with van der Waals surface area (Å²) in [6.45, 7) is 2.70. The molecule has 12 heavy (non-hydrogen) atoms. The normalized spacial score (nSPS) is 10.3. The Morgan fingerprint density at radius 1 is 1.33 bits per heavy atom. The topological polar surface area (TPSA) is 12.0 Å². The van der Waals surface area contributed by atoms with E-state index in [1.807, 2.05) is 26.1 Å². The summed E-state index contributed by atoms with van der Waals surface area (Å²) < 4.78 is 0. The van der Waals surface area contributed by atoms with E-state index in [0.717, 1.165) is 27.7 Å². The highest BCUT2D eigenvalue weighted by Gasteiger charge is 2.04. The molecule has 0 aliphatic heterocycles. The molecule has 0 heterocycles. The minimum atomic E-state index is 0.722. The molecule has 1 nitrogen and oxygen atoms in total.